The fraction of sp³-hybridized carbons (Fsp3) is 0.444. The van der Waals surface area contributed by atoms with Crippen LogP contribution >= 0.6 is 0 Å². The van der Waals surface area contributed by atoms with E-state index >= 15 is 0 Å². The second-order valence-electron chi connectivity index (χ2n) is 5.01. The summed E-state index contributed by atoms with van der Waals surface area (Å²) in [7, 11) is 5.01. The minimum Gasteiger partial charge on any atom is -0.496 e. The van der Waals surface area contributed by atoms with Crippen molar-refractivity contribution in [3.8, 4) is 17.2 Å². The second-order valence-corrected chi connectivity index (χ2v) is 5.01. The van der Waals surface area contributed by atoms with Gasteiger partial charge < -0.3 is 18.9 Å². The van der Waals surface area contributed by atoms with E-state index in [1.165, 1.54) is 5.56 Å². The average Bonchev–Trinajstić information content (AvgIpc) is 2.57. The van der Waals surface area contributed by atoms with Crippen LogP contribution in [-0.2, 0) is 11.2 Å². The fourth-order valence-corrected chi connectivity index (χ4v) is 2.62. The van der Waals surface area contributed by atoms with Gasteiger partial charge in [0, 0.05) is 12.0 Å². The van der Waals surface area contributed by atoms with Gasteiger partial charge in [-0.05, 0) is 36.6 Å². The van der Waals surface area contributed by atoms with E-state index in [0.29, 0.717) is 6.61 Å². The molecule has 0 atom stereocenters. The Kier molecular flexibility index (Phi) is 5.90. The molecule has 4 nitrogen and oxygen atoms in total. The van der Waals surface area contributed by atoms with Gasteiger partial charge in [-0.1, -0.05) is 13.0 Å². The molecular weight excluding hydrogens is 280 g/mol. The van der Waals surface area contributed by atoms with Gasteiger partial charge in [-0.25, -0.2) is 0 Å². The zero-order chi connectivity index (χ0) is 15.9. The van der Waals surface area contributed by atoms with Gasteiger partial charge in [0.15, 0.2) is 0 Å². The van der Waals surface area contributed by atoms with Gasteiger partial charge in [0.1, 0.15) is 17.2 Å². The molecule has 0 heterocycles. The topological polar surface area (TPSA) is 36.9 Å². The first-order chi connectivity index (χ1) is 10.8. The van der Waals surface area contributed by atoms with Gasteiger partial charge in [0.05, 0.1) is 33.3 Å². The third-order valence-corrected chi connectivity index (χ3v) is 3.66. The van der Waals surface area contributed by atoms with E-state index < -0.39 is 0 Å². The monoisotopic (exact) mass is 304 g/mol. The molecule has 0 saturated heterocycles. The van der Waals surface area contributed by atoms with Gasteiger partial charge in [-0.15, -0.1) is 0 Å². The Morgan fingerprint density at radius 1 is 0.727 bits per heavy atom. The lowest BCUT2D eigenvalue weighted by atomic mass is 9.99. The Hall–Kier alpha value is -1.94. The number of rotatable bonds is 8. The summed E-state index contributed by atoms with van der Waals surface area (Å²) in [6.07, 6.45) is 1.85. The van der Waals surface area contributed by atoms with Crippen molar-refractivity contribution in [1.82, 2.24) is 0 Å². The maximum Gasteiger partial charge on any atom is 0.130 e. The van der Waals surface area contributed by atoms with E-state index in [4.69, 9.17) is 18.9 Å². The molecule has 0 aliphatic heterocycles. The van der Waals surface area contributed by atoms with Crippen LogP contribution in [0, 0.1) is 0 Å². The number of hydrogen-bond donors (Lipinski definition) is 0. The summed E-state index contributed by atoms with van der Waals surface area (Å²) < 4.78 is 22.2. The minimum absolute atomic E-state index is 0.690. The van der Waals surface area contributed by atoms with Crippen LogP contribution in [0.1, 0.15) is 18.9 Å². The van der Waals surface area contributed by atoms with E-state index in [0.717, 1.165) is 47.5 Å². The van der Waals surface area contributed by atoms with Crippen LogP contribution in [-0.4, -0.2) is 34.5 Å². The van der Waals surface area contributed by atoms with Crippen molar-refractivity contribution < 1.29 is 18.9 Å². The van der Waals surface area contributed by atoms with Gasteiger partial charge >= 0.3 is 0 Å². The molecule has 22 heavy (non-hydrogen) atoms. The van der Waals surface area contributed by atoms with Crippen molar-refractivity contribution in [1.29, 1.82) is 0 Å². The highest BCUT2D eigenvalue weighted by Crippen LogP contribution is 2.41. The van der Waals surface area contributed by atoms with Crippen LogP contribution in [0.15, 0.2) is 24.3 Å². The maximum atomic E-state index is 5.62. The molecular formula is C18H24O4. The smallest absolute Gasteiger partial charge is 0.130 e. The number of methoxy groups -OCH3 is 3. The van der Waals surface area contributed by atoms with Crippen molar-refractivity contribution >= 4 is 10.8 Å². The van der Waals surface area contributed by atoms with Crippen LogP contribution in [0.2, 0.25) is 0 Å². The summed E-state index contributed by atoms with van der Waals surface area (Å²) in [5.74, 6) is 2.38. The van der Waals surface area contributed by atoms with Crippen LogP contribution < -0.4 is 14.2 Å². The molecule has 0 aliphatic rings. The minimum atomic E-state index is 0.690. The quantitative estimate of drug-likeness (QED) is 0.694. The first kappa shape index (κ1) is 16.4. The van der Waals surface area contributed by atoms with Gasteiger partial charge in [0.25, 0.3) is 0 Å². The zero-order valence-corrected chi connectivity index (χ0v) is 13.8. The van der Waals surface area contributed by atoms with Crippen LogP contribution in [0.25, 0.3) is 10.8 Å². The van der Waals surface area contributed by atoms with E-state index in [9.17, 15) is 0 Å². The Bertz CT molecular complexity index is 612. The predicted octanol–water partition coefficient (Wildman–Crippen LogP) is 3.83. The molecule has 0 bridgehead atoms. The van der Waals surface area contributed by atoms with E-state index in [1.807, 2.05) is 18.2 Å². The Balaban J connectivity index is 2.52. The summed E-state index contributed by atoms with van der Waals surface area (Å²) in [4.78, 5) is 0. The molecule has 0 radical (unpaired) electrons. The molecule has 0 spiro atoms. The second kappa shape index (κ2) is 7.90. The standard InChI is InChI=1S/C18H24O4/c1-5-11-22-12-10-13-6-7-15(20-3)18-16(21-4)9-8-14(19-2)17(13)18/h6-9H,5,10-12H2,1-4H3. The SMILES string of the molecule is CCCOCCc1ccc(OC)c2c(OC)ccc(OC)c12. The van der Waals surface area contributed by atoms with Gasteiger partial charge in [-0.3, -0.25) is 0 Å². The highest BCUT2D eigenvalue weighted by Gasteiger charge is 2.15. The fourth-order valence-electron chi connectivity index (χ4n) is 2.62. The molecule has 2 aromatic carbocycles. The van der Waals surface area contributed by atoms with Crippen molar-refractivity contribution in [2.45, 2.75) is 19.8 Å². The normalized spacial score (nSPS) is 10.7. The summed E-state index contributed by atoms with van der Waals surface area (Å²) in [5.41, 5.74) is 1.17. The number of ether oxygens (including phenoxy) is 4. The largest absolute Gasteiger partial charge is 0.496 e. The number of fused-ring (bicyclic) bond motifs is 1. The van der Waals surface area contributed by atoms with Crippen molar-refractivity contribution in [2.75, 3.05) is 34.5 Å². The molecule has 0 amide bonds. The van der Waals surface area contributed by atoms with Crippen molar-refractivity contribution in [3.05, 3.63) is 29.8 Å². The zero-order valence-electron chi connectivity index (χ0n) is 13.8. The van der Waals surface area contributed by atoms with Crippen molar-refractivity contribution in [3.63, 3.8) is 0 Å². The van der Waals surface area contributed by atoms with E-state index in [1.54, 1.807) is 21.3 Å². The average molecular weight is 304 g/mol. The lowest BCUT2D eigenvalue weighted by Gasteiger charge is -2.16. The first-order valence-electron chi connectivity index (χ1n) is 7.55. The van der Waals surface area contributed by atoms with Crippen LogP contribution in [0.5, 0.6) is 17.2 Å². The molecule has 0 aliphatic carbocycles. The number of benzene rings is 2. The molecule has 2 rings (SSSR count). The lowest BCUT2D eigenvalue weighted by molar-refractivity contribution is 0.138. The third kappa shape index (κ3) is 3.28. The Morgan fingerprint density at radius 2 is 1.27 bits per heavy atom. The van der Waals surface area contributed by atoms with Crippen LogP contribution in [0.3, 0.4) is 0 Å². The maximum absolute atomic E-state index is 5.62. The predicted molar refractivity (Wildman–Crippen MR) is 88.4 cm³/mol. The summed E-state index contributed by atoms with van der Waals surface area (Å²) in [5, 5.41) is 1.97. The summed E-state index contributed by atoms with van der Waals surface area (Å²) in [6, 6.07) is 7.87. The molecule has 2 aromatic rings. The Labute approximate surface area is 131 Å². The molecule has 0 unspecified atom stereocenters. The summed E-state index contributed by atoms with van der Waals surface area (Å²) >= 11 is 0. The number of hydrogen-bond acceptors (Lipinski definition) is 4. The third-order valence-electron chi connectivity index (χ3n) is 3.66. The molecule has 0 saturated carbocycles. The van der Waals surface area contributed by atoms with E-state index in [-0.39, 0.29) is 0 Å². The molecule has 0 N–H and O–H groups in total. The van der Waals surface area contributed by atoms with E-state index in [2.05, 4.69) is 13.0 Å². The molecule has 0 aromatic heterocycles. The summed E-state index contributed by atoms with van der Waals surface area (Å²) in [6.45, 7) is 3.58. The highest BCUT2D eigenvalue weighted by atomic mass is 16.5. The molecule has 120 valence electrons. The lowest BCUT2D eigenvalue weighted by Crippen LogP contribution is -2.02. The van der Waals surface area contributed by atoms with Gasteiger partial charge in [0.2, 0.25) is 0 Å². The van der Waals surface area contributed by atoms with Crippen LogP contribution in [0.4, 0.5) is 0 Å². The van der Waals surface area contributed by atoms with Gasteiger partial charge in [-0.2, -0.15) is 0 Å². The molecule has 4 heteroatoms. The first-order valence-corrected chi connectivity index (χ1v) is 7.55. The van der Waals surface area contributed by atoms with Crippen molar-refractivity contribution in [2.24, 2.45) is 0 Å². The highest BCUT2D eigenvalue weighted by molar-refractivity contribution is 6.00. The Morgan fingerprint density at radius 3 is 1.82 bits per heavy atom. The molecule has 0 fully saturated rings.